The Kier molecular flexibility index (Phi) is 6.70. The Bertz CT molecular complexity index is 598. The molecule has 1 amide bonds. The summed E-state index contributed by atoms with van der Waals surface area (Å²) < 4.78 is 50.0. The lowest BCUT2D eigenvalue weighted by Gasteiger charge is -2.34. The van der Waals surface area contributed by atoms with E-state index in [1.54, 1.807) is 0 Å². The summed E-state index contributed by atoms with van der Waals surface area (Å²) >= 11 is 5.73. The molecule has 6 nitrogen and oxygen atoms in total. The van der Waals surface area contributed by atoms with Gasteiger partial charge in [0.05, 0.1) is 13.2 Å². The summed E-state index contributed by atoms with van der Waals surface area (Å²) in [5.41, 5.74) is -3.68. The molecule has 0 aliphatic heterocycles. The van der Waals surface area contributed by atoms with Crippen molar-refractivity contribution in [1.29, 1.82) is 0 Å². The van der Waals surface area contributed by atoms with Crippen LogP contribution < -0.4 is 10.6 Å². The summed E-state index contributed by atoms with van der Waals surface area (Å²) in [4.78, 5) is 23.6. The highest BCUT2D eigenvalue weighted by atomic mass is 35.5. The third-order valence-corrected chi connectivity index (χ3v) is 2.96. The normalized spacial score (nSPS) is 13.6. The van der Waals surface area contributed by atoms with E-state index in [1.165, 1.54) is 37.4 Å². The van der Waals surface area contributed by atoms with E-state index in [1.807, 2.05) is 5.32 Å². The molecule has 0 spiro atoms. The van der Waals surface area contributed by atoms with Gasteiger partial charge < -0.3 is 14.8 Å². The number of rotatable bonds is 6. The lowest BCUT2D eigenvalue weighted by Crippen LogP contribution is -2.69. The summed E-state index contributed by atoms with van der Waals surface area (Å²) in [6.45, 7) is 2.24. The Hall–Kier alpha value is -2.16. The number of amides is 1. The highest BCUT2D eigenvalue weighted by Crippen LogP contribution is 2.33. The van der Waals surface area contributed by atoms with Gasteiger partial charge in [-0.3, -0.25) is 5.32 Å². The third kappa shape index (κ3) is 4.67. The van der Waals surface area contributed by atoms with Crippen molar-refractivity contribution in [2.45, 2.75) is 25.7 Å². The number of halogens is 4. The predicted molar refractivity (Wildman–Crippen MR) is 80.7 cm³/mol. The van der Waals surface area contributed by atoms with Crippen LogP contribution in [0.1, 0.15) is 13.8 Å². The van der Waals surface area contributed by atoms with Crippen molar-refractivity contribution in [3.05, 3.63) is 29.3 Å². The van der Waals surface area contributed by atoms with Crippen LogP contribution in [0.4, 0.5) is 23.7 Å². The van der Waals surface area contributed by atoms with Crippen LogP contribution in [0.15, 0.2) is 24.3 Å². The van der Waals surface area contributed by atoms with E-state index in [0.717, 1.165) is 6.07 Å². The maximum absolute atomic E-state index is 13.7. The average Bonchev–Trinajstić information content (AvgIpc) is 2.45. The molecule has 0 aromatic heterocycles. The van der Waals surface area contributed by atoms with Crippen LogP contribution in [0.25, 0.3) is 0 Å². The van der Waals surface area contributed by atoms with Gasteiger partial charge in [0.2, 0.25) is 0 Å². The van der Waals surface area contributed by atoms with E-state index in [9.17, 15) is 22.8 Å². The Labute approximate surface area is 141 Å². The van der Waals surface area contributed by atoms with Crippen LogP contribution in [-0.4, -0.2) is 37.1 Å². The van der Waals surface area contributed by atoms with Crippen LogP contribution in [0.5, 0.6) is 0 Å². The van der Waals surface area contributed by atoms with Crippen LogP contribution in [0, 0.1) is 0 Å². The second kappa shape index (κ2) is 8.09. The molecule has 10 heteroatoms. The first-order chi connectivity index (χ1) is 11.2. The first-order valence-corrected chi connectivity index (χ1v) is 7.26. The number of alkyl halides is 3. The van der Waals surface area contributed by atoms with Crippen molar-refractivity contribution in [2.24, 2.45) is 0 Å². The SMILES string of the molecule is CCOC(=O)NC(Nc1cccc(Cl)c1)(C(=O)OCC)C(F)(F)F. The lowest BCUT2D eigenvalue weighted by atomic mass is 10.1. The molecular weight excluding hydrogens is 353 g/mol. The molecule has 0 saturated carbocycles. The summed E-state index contributed by atoms with van der Waals surface area (Å²) in [7, 11) is 0. The standard InChI is InChI=1S/C14H16ClF3N2O4/c1-3-23-11(21)13(14(16,17)18,20-12(22)24-4-2)19-10-7-5-6-9(15)8-10/h5-8,19H,3-4H2,1-2H3,(H,20,22). The van der Waals surface area contributed by atoms with Crippen molar-refractivity contribution in [3.8, 4) is 0 Å². The minimum absolute atomic E-state index is 0.135. The molecule has 0 aliphatic rings. The van der Waals surface area contributed by atoms with Crippen LogP contribution in [0.2, 0.25) is 5.02 Å². The zero-order valence-electron chi connectivity index (χ0n) is 12.9. The van der Waals surface area contributed by atoms with Gasteiger partial charge in [0.1, 0.15) is 0 Å². The number of benzene rings is 1. The van der Waals surface area contributed by atoms with Gasteiger partial charge in [-0.15, -0.1) is 0 Å². The van der Waals surface area contributed by atoms with E-state index in [4.69, 9.17) is 11.6 Å². The fourth-order valence-corrected chi connectivity index (χ4v) is 1.92. The predicted octanol–water partition coefficient (Wildman–Crippen LogP) is 3.32. The van der Waals surface area contributed by atoms with Gasteiger partial charge in [0.25, 0.3) is 0 Å². The monoisotopic (exact) mass is 368 g/mol. The van der Waals surface area contributed by atoms with Crippen molar-refractivity contribution in [2.75, 3.05) is 18.5 Å². The zero-order chi connectivity index (χ0) is 18.4. The van der Waals surface area contributed by atoms with Gasteiger partial charge in [0.15, 0.2) is 0 Å². The van der Waals surface area contributed by atoms with Gasteiger partial charge in [-0.05, 0) is 32.0 Å². The summed E-state index contributed by atoms with van der Waals surface area (Å²) in [5.74, 6) is -1.73. The molecule has 0 heterocycles. The van der Waals surface area contributed by atoms with Crippen molar-refractivity contribution >= 4 is 29.4 Å². The van der Waals surface area contributed by atoms with Crippen LogP contribution >= 0.6 is 11.6 Å². The molecule has 1 atom stereocenters. The Morgan fingerprint density at radius 3 is 2.29 bits per heavy atom. The molecule has 1 unspecified atom stereocenters. The quantitative estimate of drug-likeness (QED) is 0.595. The van der Waals surface area contributed by atoms with E-state index in [2.05, 4.69) is 9.47 Å². The molecule has 24 heavy (non-hydrogen) atoms. The number of nitrogens with one attached hydrogen (secondary N) is 2. The Morgan fingerprint density at radius 1 is 1.17 bits per heavy atom. The van der Waals surface area contributed by atoms with E-state index in [0.29, 0.717) is 0 Å². The molecule has 1 aromatic carbocycles. The molecule has 0 fully saturated rings. The molecule has 0 bridgehead atoms. The molecular formula is C14H16ClF3N2O4. The van der Waals surface area contributed by atoms with E-state index in [-0.39, 0.29) is 23.9 Å². The maximum Gasteiger partial charge on any atom is 0.442 e. The fourth-order valence-electron chi connectivity index (χ4n) is 1.73. The van der Waals surface area contributed by atoms with Crippen molar-refractivity contribution in [1.82, 2.24) is 5.32 Å². The number of hydrogen-bond acceptors (Lipinski definition) is 5. The number of carbonyl (C=O) groups is 2. The van der Waals surface area contributed by atoms with Gasteiger partial charge >= 0.3 is 23.9 Å². The third-order valence-electron chi connectivity index (χ3n) is 2.73. The lowest BCUT2D eigenvalue weighted by molar-refractivity contribution is -0.205. The minimum atomic E-state index is -5.23. The number of alkyl carbamates (subject to hydrolysis) is 1. The smallest absolute Gasteiger partial charge is 0.442 e. The van der Waals surface area contributed by atoms with Crippen LogP contribution in [0.3, 0.4) is 0 Å². The average molecular weight is 369 g/mol. The summed E-state index contributed by atoms with van der Waals surface area (Å²) in [6.07, 6.45) is -6.66. The second-order valence-corrected chi connectivity index (χ2v) is 4.89. The highest BCUT2D eigenvalue weighted by Gasteiger charge is 2.64. The molecule has 2 N–H and O–H groups in total. The number of carbonyl (C=O) groups excluding carboxylic acids is 2. The minimum Gasteiger partial charge on any atom is -0.463 e. The van der Waals surface area contributed by atoms with Crippen LogP contribution in [-0.2, 0) is 14.3 Å². The molecule has 134 valence electrons. The van der Waals surface area contributed by atoms with E-state index >= 15 is 0 Å². The number of hydrogen-bond donors (Lipinski definition) is 2. The van der Waals surface area contributed by atoms with Crippen molar-refractivity contribution in [3.63, 3.8) is 0 Å². The number of ether oxygens (including phenoxy) is 2. The number of esters is 1. The van der Waals surface area contributed by atoms with Gasteiger partial charge in [0, 0.05) is 10.7 Å². The highest BCUT2D eigenvalue weighted by molar-refractivity contribution is 6.30. The van der Waals surface area contributed by atoms with Gasteiger partial charge in [-0.25, -0.2) is 9.59 Å². The van der Waals surface area contributed by atoms with Gasteiger partial charge in [-0.1, -0.05) is 17.7 Å². The largest absolute Gasteiger partial charge is 0.463 e. The first-order valence-electron chi connectivity index (χ1n) is 6.89. The molecule has 1 rings (SSSR count). The zero-order valence-corrected chi connectivity index (χ0v) is 13.6. The Morgan fingerprint density at radius 2 is 1.79 bits per heavy atom. The molecule has 0 saturated heterocycles. The van der Waals surface area contributed by atoms with E-state index < -0.39 is 23.9 Å². The second-order valence-electron chi connectivity index (χ2n) is 4.45. The maximum atomic E-state index is 13.7. The molecule has 1 aromatic rings. The Balaban J connectivity index is 3.33. The molecule has 0 radical (unpaired) electrons. The molecule has 0 aliphatic carbocycles. The van der Waals surface area contributed by atoms with Gasteiger partial charge in [-0.2, -0.15) is 13.2 Å². The summed E-state index contributed by atoms with van der Waals surface area (Å²) in [6, 6.07) is 5.22. The first kappa shape index (κ1) is 19.9. The summed E-state index contributed by atoms with van der Waals surface area (Å²) in [5, 5.41) is 3.60. The topological polar surface area (TPSA) is 76.7 Å². The number of anilines is 1. The van der Waals surface area contributed by atoms with Crippen molar-refractivity contribution < 1.29 is 32.2 Å². The fraction of sp³-hybridized carbons (Fsp3) is 0.429.